The summed E-state index contributed by atoms with van der Waals surface area (Å²) in [6.07, 6.45) is 1.29. The molecule has 22 heavy (non-hydrogen) atoms. The average molecular weight is 307 g/mol. The second kappa shape index (κ2) is 5.47. The molecule has 1 saturated heterocycles. The van der Waals surface area contributed by atoms with E-state index in [4.69, 9.17) is 4.42 Å². The molecule has 0 saturated carbocycles. The Labute approximate surface area is 127 Å². The lowest BCUT2D eigenvalue weighted by Gasteiger charge is -2.36. The Hall–Kier alpha value is -1.75. The first-order chi connectivity index (χ1) is 10.4. The van der Waals surface area contributed by atoms with Gasteiger partial charge in [-0.15, -0.1) is 0 Å². The summed E-state index contributed by atoms with van der Waals surface area (Å²) >= 11 is 0. The third kappa shape index (κ3) is 2.77. The normalized spacial score (nSPS) is 22.1. The molecule has 1 aliphatic heterocycles. The van der Waals surface area contributed by atoms with Gasteiger partial charge in [-0.05, 0) is 24.1 Å². The van der Waals surface area contributed by atoms with Crippen LogP contribution in [0.3, 0.4) is 0 Å². The van der Waals surface area contributed by atoms with Crippen molar-refractivity contribution >= 4 is 11.0 Å². The first kappa shape index (κ1) is 15.2. The number of aryl methyl sites for hydroxylation is 1. The maximum Gasteiger partial charge on any atom is 0.253 e. The van der Waals surface area contributed by atoms with Crippen LogP contribution in [0.25, 0.3) is 11.0 Å². The number of rotatable bonds is 2. The molecule has 3 rings (SSSR count). The van der Waals surface area contributed by atoms with E-state index in [1.54, 1.807) is 6.92 Å². The average Bonchev–Trinajstić information content (AvgIpc) is 2.45. The minimum absolute atomic E-state index is 0.0789. The van der Waals surface area contributed by atoms with E-state index >= 15 is 0 Å². The maximum atomic E-state index is 13.6. The molecule has 0 spiro atoms. The van der Waals surface area contributed by atoms with Gasteiger partial charge in [0.1, 0.15) is 5.58 Å². The number of benzene rings is 1. The van der Waals surface area contributed by atoms with Crippen LogP contribution < -0.4 is 5.43 Å². The largest absolute Gasteiger partial charge is 0.464 e. The second-order valence-electron chi connectivity index (χ2n) is 6.22. The topological polar surface area (TPSA) is 33.5 Å². The van der Waals surface area contributed by atoms with E-state index in [1.807, 2.05) is 24.0 Å². The summed E-state index contributed by atoms with van der Waals surface area (Å²) in [6.45, 7) is 4.80. The summed E-state index contributed by atoms with van der Waals surface area (Å²) in [5.74, 6) is -3.22. The summed E-state index contributed by atoms with van der Waals surface area (Å²) in [5, 5.41) is 0.549. The smallest absolute Gasteiger partial charge is 0.253 e. The third-order valence-electron chi connectivity index (χ3n) is 4.43. The van der Waals surface area contributed by atoms with Gasteiger partial charge in [0.15, 0.2) is 5.43 Å². The maximum absolute atomic E-state index is 13.6. The van der Waals surface area contributed by atoms with E-state index in [0.717, 1.165) is 11.1 Å². The highest BCUT2D eigenvalue weighted by Gasteiger charge is 2.40. The highest BCUT2D eigenvalue weighted by atomic mass is 19.3. The van der Waals surface area contributed by atoms with Gasteiger partial charge in [-0.2, -0.15) is 0 Å². The molecule has 3 nitrogen and oxygen atoms in total. The molecule has 2 aromatic rings. The van der Waals surface area contributed by atoms with E-state index < -0.39 is 11.8 Å². The van der Waals surface area contributed by atoms with Crippen LogP contribution in [-0.4, -0.2) is 23.9 Å². The van der Waals surface area contributed by atoms with Crippen molar-refractivity contribution < 1.29 is 13.2 Å². The SMILES string of the molecule is Cc1cc(CN2CCC(F)(F)C(C)C2)cc2c(=O)ccoc12. The van der Waals surface area contributed by atoms with Gasteiger partial charge in [0.2, 0.25) is 0 Å². The minimum Gasteiger partial charge on any atom is -0.464 e. The van der Waals surface area contributed by atoms with E-state index in [2.05, 4.69) is 0 Å². The van der Waals surface area contributed by atoms with Gasteiger partial charge < -0.3 is 4.42 Å². The van der Waals surface area contributed by atoms with Gasteiger partial charge in [0.05, 0.1) is 11.6 Å². The highest BCUT2D eigenvalue weighted by Crippen LogP contribution is 2.33. The number of halogens is 2. The summed E-state index contributed by atoms with van der Waals surface area (Å²) in [4.78, 5) is 14.0. The Balaban J connectivity index is 1.86. The van der Waals surface area contributed by atoms with Crippen molar-refractivity contribution in [1.82, 2.24) is 4.90 Å². The molecule has 1 unspecified atom stereocenters. The summed E-state index contributed by atoms with van der Waals surface area (Å²) in [6, 6.07) is 5.17. The minimum atomic E-state index is -2.57. The van der Waals surface area contributed by atoms with Crippen LogP contribution in [0.2, 0.25) is 0 Å². The monoisotopic (exact) mass is 307 g/mol. The van der Waals surface area contributed by atoms with E-state index in [1.165, 1.54) is 12.3 Å². The van der Waals surface area contributed by atoms with Crippen molar-refractivity contribution in [2.24, 2.45) is 5.92 Å². The van der Waals surface area contributed by atoms with Crippen molar-refractivity contribution in [3.63, 3.8) is 0 Å². The van der Waals surface area contributed by atoms with Crippen molar-refractivity contribution in [1.29, 1.82) is 0 Å². The van der Waals surface area contributed by atoms with Crippen molar-refractivity contribution in [3.8, 4) is 0 Å². The first-order valence-electron chi connectivity index (χ1n) is 7.48. The zero-order chi connectivity index (χ0) is 15.9. The van der Waals surface area contributed by atoms with Gasteiger partial charge in [-0.25, -0.2) is 8.78 Å². The molecule has 0 aliphatic carbocycles. The third-order valence-corrected chi connectivity index (χ3v) is 4.43. The van der Waals surface area contributed by atoms with Crippen molar-refractivity contribution in [2.75, 3.05) is 13.1 Å². The molecule has 5 heteroatoms. The highest BCUT2D eigenvalue weighted by molar-refractivity contribution is 5.80. The zero-order valence-electron chi connectivity index (χ0n) is 12.7. The number of hydrogen-bond donors (Lipinski definition) is 0. The molecule has 0 amide bonds. The zero-order valence-corrected chi connectivity index (χ0v) is 12.7. The van der Waals surface area contributed by atoms with Gasteiger partial charge in [0.25, 0.3) is 5.92 Å². The van der Waals surface area contributed by atoms with Gasteiger partial charge in [-0.1, -0.05) is 13.0 Å². The molecule has 1 atom stereocenters. The van der Waals surface area contributed by atoms with Gasteiger partial charge in [0, 0.05) is 38.0 Å². The molecule has 1 aliphatic rings. The predicted octanol–water partition coefficient (Wildman–Crippen LogP) is 3.58. The summed E-state index contributed by atoms with van der Waals surface area (Å²) in [7, 11) is 0. The second-order valence-corrected chi connectivity index (χ2v) is 6.22. The lowest BCUT2D eigenvalue weighted by atomic mass is 9.95. The van der Waals surface area contributed by atoms with Crippen LogP contribution in [0, 0.1) is 12.8 Å². The molecule has 2 heterocycles. The van der Waals surface area contributed by atoms with Crippen LogP contribution in [0.4, 0.5) is 8.78 Å². The molecule has 1 aromatic heterocycles. The number of piperidine rings is 1. The standard InChI is InChI=1S/C17H19F2NO2/c1-11-7-13(8-14-15(21)3-6-22-16(11)14)10-20-5-4-17(18,19)12(2)9-20/h3,6-8,12H,4-5,9-10H2,1-2H3. The fraction of sp³-hybridized carbons (Fsp3) is 0.471. The Kier molecular flexibility index (Phi) is 3.77. The fourth-order valence-corrected chi connectivity index (χ4v) is 3.10. The lowest BCUT2D eigenvalue weighted by molar-refractivity contribution is -0.100. The Morgan fingerprint density at radius 1 is 1.41 bits per heavy atom. The fourth-order valence-electron chi connectivity index (χ4n) is 3.10. The van der Waals surface area contributed by atoms with Crippen LogP contribution >= 0.6 is 0 Å². The lowest BCUT2D eigenvalue weighted by Crippen LogP contribution is -2.45. The number of fused-ring (bicyclic) bond motifs is 1. The van der Waals surface area contributed by atoms with Crippen LogP contribution in [0.1, 0.15) is 24.5 Å². The summed E-state index contributed by atoms with van der Waals surface area (Å²) < 4.78 is 32.5. The molecule has 1 aromatic carbocycles. The molecule has 0 radical (unpaired) electrons. The predicted molar refractivity (Wildman–Crippen MR) is 81.2 cm³/mol. The number of nitrogens with zero attached hydrogens (tertiary/aromatic N) is 1. The molecule has 0 N–H and O–H groups in total. The van der Waals surface area contributed by atoms with E-state index in [9.17, 15) is 13.6 Å². The van der Waals surface area contributed by atoms with E-state index in [0.29, 0.717) is 30.6 Å². The van der Waals surface area contributed by atoms with Crippen molar-refractivity contribution in [2.45, 2.75) is 32.7 Å². The van der Waals surface area contributed by atoms with Crippen LogP contribution in [0.5, 0.6) is 0 Å². The quantitative estimate of drug-likeness (QED) is 0.850. The first-order valence-corrected chi connectivity index (χ1v) is 7.48. The van der Waals surface area contributed by atoms with Crippen LogP contribution in [0.15, 0.2) is 33.7 Å². The number of hydrogen-bond acceptors (Lipinski definition) is 3. The summed E-state index contributed by atoms with van der Waals surface area (Å²) in [5.41, 5.74) is 2.36. The molecular weight excluding hydrogens is 288 g/mol. The van der Waals surface area contributed by atoms with Gasteiger partial charge in [-0.3, -0.25) is 9.69 Å². The van der Waals surface area contributed by atoms with Gasteiger partial charge >= 0.3 is 0 Å². The number of likely N-dealkylation sites (tertiary alicyclic amines) is 1. The molecular formula is C17H19F2NO2. The number of alkyl halides is 2. The Morgan fingerprint density at radius 3 is 2.91 bits per heavy atom. The molecule has 118 valence electrons. The molecule has 1 fully saturated rings. The van der Waals surface area contributed by atoms with Crippen LogP contribution in [-0.2, 0) is 6.54 Å². The molecule has 0 bridgehead atoms. The van der Waals surface area contributed by atoms with Crippen molar-refractivity contribution in [3.05, 3.63) is 45.8 Å². The Morgan fingerprint density at radius 2 is 2.18 bits per heavy atom. The van der Waals surface area contributed by atoms with E-state index in [-0.39, 0.29) is 11.8 Å². The Bertz CT molecular complexity index is 754.